The topological polar surface area (TPSA) is 35.5 Å². The van der Waals surface area contributed by atoms with E-state index in [1.54, 1.807) is 7.11 Å². The lowest BCUT2D eigenvalue weighted by molar-refractivity contribution is -0.125. The van der Waals surface area contributed by atoms with E-state index in [0.29, 0.717) is 38.5 Å². The van der Waals surface area contributed by atoms with Crippen LogP contribution >= 0.6 is 0 Å². The zero-order chi connectivity index (χ0) is 20.6. The van der Waals surface area contributed by atoms with Crippen LogP contribution in [0.5, 0.6) is 0 Å². The van der Waals surface area contributed by atoms with Gasteiger partial charge in [-0.05, 0) is 38.5 Å². The zero-order valence-corrected chi connectivity index (χ0v) is 16.8. The van der Waals surface area contributed by atoms with Crippen LogP contribution in [0.2, 0.25) is 0 Å². The van der Waals surface area contributed by atoms with Crippen LogP contribution in [0.25, 0.3) is 0 Å². The molecule has 2 rings (SSSR count). The van der Waals surface area contributed by atoms with Crippen molar-refractivity contribution in [1.29, 1.82) is 0 Å². The maximum atomic E-state index is 12.9. The highest BCUT2D eigenvalue weighted by Gasteiger charge is 2.43. The molecule has 0 atom stereocenters. The summed E-state index contributed by atoms with van der Waals surface area (Å²) in [6.07, 6.45) is 5.10. The number of carbonyl (C=O) groups is 1. The van der Waals surface area contributed by atoms with Crippen molar-refractivity contribution in [3.05, 3.63) is 0 Å². The Morgan fingerprint density at radius 2 is 1.11 bits per heavy atom. The first-order chi connectivity index (χ1) is 12.6. The van der Waals surface area contributed by atoms with Gasteiger partial charge in [-0.2, -0.15) is 0 Å². The Balaban J connectivity index is 0.000000271. The van der Waals surface area contributed by atoms with Crippen LogP contribution in [-0.4, -0.2) is 43.6 Å². The molecule has 2 saturated carbocycles. The summed E-state index contributed by atoms with van der Waals surface area (Å²) in [7, 11) is 3.17. The average molecular weight is 398 g/mol. The number of halogens is 4. The Bertz CT molecular complexity index is 435. The maximum Gasteiger partial charge on any atom is 0.248 e. The van der Waals surface area contributed by atoms with Crippen molar-refractivity contribution in [2.45, 2.75) is 107 Å². The van der Waals surface area contributed by atoms with Crippen molar-refractivity contribution in [2.75, 3.05) is 14.2 Å². The number of aldehydes is 1. The molecule has 160 valence electrons. The van der Waals surface area contributed by atoms with Crippen molar-refractivity contribution in [2.24, 2.45) is 0 Å². The van der Waals surface area contributed by atoms with Crippen molar-refractivity contribution < 1.29 is 31.8 Å². The third kappa shape index (κ3) is 7.68. The number of methoxy groups -OCH3 is 2. The van der Waals surface area contributed by atoms with Gasteiger partial charge < -0.3 is 14.3 Å². The van der Waals surface area contributed by atoms with Gasteiger partial charge in [0.1, 0.15) is 6.29 Å². The molecule has 0 radical (unpaired) electrons. The summed E-state index contributed by atoms with van der Waals surface area (Å²) in [5, 5.41) is 0. The second kappa shape index (κ2) is 10.2. The lowest BCUT2D eigenvalue weighted by atomic mass is 9.80. The number of ether oxygens (including phenoxy) is 2. The van der Waals surface area contributed by atoms with E-state index in [1.165, 1.54) is 7.11 Å². The minimum Gasteiger partial charge on any atom is -0.378 e. The molecule has 0 unspecified atom stereocenters. The summed E-state index contributed by atoms with van der Waals surface area (Å²) in [5.41, 5.74) is -0.737. The largest absolute Gasteiger partial charge is 0.378 e. The highest BCUT2D eigenvalue weighted by atomic mass is 19.3. The minimum absolute atomic E-state index is 0.0131. The molecule has 0 spiro atoms. The van der Waals surface area contributed by atoms with Gasteiger partial charge in [0.2, 0.25) is 11.8 Å². The van der Waals surface area contributed by atoms with Gasteiger partial charge in [-0.3, -0.25) is 0 Å². The van der Waals surface area contributed by atoms with E-state index >= 15 is 0 Å². The molecule has 0 aromatic carbocycles. The molecule has 0 amide bonds. The normalized spacial score (nSPS) is 25.1. The molecule has 2 aliphatic carbocycles. The highest BCUT2D eigenvalue weighted by molar-refractivity contribution is 5.49. The lowest BCUT2D eigenvalue weighted by Gasteiger charge is -2.38. The number of hydrogen-bond acceptors (Lipinski definition) is 3. The van der Waals surface area contributed by atoms with Crippen LogP contribution in [-0.2, 0) is 14.3 Å². The van der Waals surface area contributed by atoms with E-state index in [2.05, 4.69) is 6.92 Å². The van der Waals surface area contributed by atoms with Crippen molar-refractivity contribution in [1.82, 2.24) is 0 Å². The quantitative estimate of drug-likeness (QED) is 0.393. The first-order valence-corrected chi connectivity index (χ1v) is 9.87. The van der Waals surface area contributed by atoms with E-state index < -0.39 is 17.4 Å². The van der Waals surface area contributed by atoms with Gasteiger partial charge in [0.25, 0.3) is 0 Å². The summed E-state index contributed by atoms with van der Waals surface area (Å²) in [5.74, 6) is -4.99. The fourth-order valence-corrected chi connectivity index (χ4v) is 4.03. The molecule has 0 bridgehead atoms. The fourth-order valence-electron chi connectivity index (χ4n) is 4.03. The van der Waals surface area contributed by atoms with Crippen LogP contribution in [0.4, 0.5) is 17.6 Å². The Kier molecular flexibility index (Phi) is 9.19. The Labute approximate surface area is 160 Å². The fraction of sp³-hybridized carbons (Fsp3) is 0.950. The van der Waals surface area contributed by atoms with Gasteiger partial charge >= 0.3 is 0 Å². The maximum absolute atomic E-state index is 12.9. The molecular formula is C20H34F4O3. The molecule has 0 N–H and O–H groups in total. The van der Waals surface area contributed by atoms with E-state index in [1.807, 2.05) is 0 Å². The van der Waals surface area contributed by atoms with Gasteiger partial charge in [-0.1, -0.05) is 13.3 Å². The number of hydrogen-bond donors (Lipinski definition) is 0. The predicted molar refractivity (Wildman–Crippen MR) is 96.5 cm³/mol. The number of carbonyl (C=O) groups excluding carboxylic acids is 1. The van der Waals surface area contributed by atoms with Gasteiger partial charge in [-0.15, -0.1) is 0 Å². The Morgan fingerprint density at radius 3 is 1.41 bits per heavy atom. The molecule has 3 nitrogen and oxygen atoms in total. The summed E-state index contributed by atoms with van der Waals surface area (Å²) >= 11 is 0. The second-order valence-electron chi connectivity index (χ2n) is 7.94. The van der Waals surface area contributed by atoms with Crippen LogP contribution < -0.4 is 0 Å². The van der Waals surface area contributed by atoms with Crippen LogP contribution in [0, 0.1) is 0 Å². The van der Waals surface area contributed by atoms with Crippen LogP contribution in [0.3, 0.4) is 0 Å². The third-order valence-corrected chi connectivity index (χ3v) is 6.07. The van der Waals surface area contributed by atoms with E-state index in [9.17, 15) is 22.4 Å². The smallest absolute Gasteiger partial charge is 0.248 e. The molecule has 0 aliphatic heterocycles. The van der Waals surface area contributed by atoms with Gasteiger partial charge in [-0.25, -0.2) is 17.6 Å². The monoisotopic (exact) mass is 398 g/mol. The molecule has 2 aliphatic rings. The Hall–Kier alpha value is -0.690. The van der Waals surface area contributed by atoms with Crippen molar-refractivity contribution >= 4 is 6.29 Å². The molecule has 0 heterocycles. The molecule has 0 saturated heterocycles. The van der Waals surface area contributed by atoms with Gasteiger partial charge in [0.15, 0.2) is 0 Å². The average Bonchev–Trinajstić information content (AvgIpc) is 2.64. The first-order valence-electron chi connectivity index (χ1n) is 9.87. The highest BCUT2D eigenvalue weighted by Crippen LogP contribution is 2.43. The van der Waals surface area contributed by atoms with E-state index in [4.69, 9.17) is 9.47 Å². The summed E-state index contributed by atoms with van der Waals surface area (Å²) in [6.45, 7) is 2.06. The molecule has 27 heavy (non-hydrogen) atoms. The minimum atomic E-state index is -2.54. The van der Waals surface area contributed by atoms with Crippen molar-refractivity contribution in [3.63, 3.8) is 0 Å². The number of alkyl halides is 4. The molecule has 7 heteroatoms. The zero-order valence-electron chi connectivity index (χ0n) is 16.8. The second-order valence-corrected chi connectivity index (χ2v) is 7.94. The summed E-state index contributed by atoms with van der Waals surface area (Å²) in [4.78, 5) is 10.2. The molecule has 0 aromatic heterocycles. The van der Waals surface area contributed by atoms with Crippen LogP contribution in [0.15, 0.2) is 0 Å². The van der Waals surface area contributed by atoms with Crippen LogP contribution in [0.1, 0.15) is 84.0 Å². The standard InChI is InChI=1S/C10H16F2O2.C10H18F2O/c1-14-9(3-2-8-13)4-6-10(11,12)7-5-9;1-3-4-9(13-2)5-7-10(11,12)8-6-9/h8H,2-7H2,1H3;3-8H2,1-2H3. The third-order valence-electron chi connectivity index (χ3n) is 6.07. The Morgan fingerprint density at radius 1 is 0.741 bits per heavy atom. The molecule has 2 fully saturated rings. The first kappa shape index (κ1) is 24.3. The SMILES string of the molecule is CCCC1(OC)CCC(F)(F)CC1.COC1(CCC=O)CCC(F)(F)CC1. The summed E-state index contributed by atoms with van der Waals surface area (Å²) in [6, 6.07) is 0. The molecule has 0 aromatic rings. The number of rotatable bonds is 7. The predicted octanol–water partition coefficient (Wildman–Crippen LogP) is 5.94. The van der Waals surface area contributed by atoms with Gasteiger partial charge in [0, 0.05) is 46.3 Å². The van der Waals surface area contributed by atoms with Gasteiger partial charge in [0.05, 0.1) is 11.2 Å². The summed E-state index contributed by atoms with van der Waals surface area (Å²) < 4.78 is 62.2. The lowest BCUT2D eigenvalue weighted by Crippen LogP contribution is -2.40. The van der Waals surface area contributed by atoms with E-state index in [-0.39, 0.29) is 31.3 Å². The van der Waals surface area contributed by atoms with E-state index in [0.717, 1.165) is 19.1 Å². The molecular weight excluding hydrogens is 364 g/mol. The van der Waals surface area contributed by atoms with Crippen molar-refractivity contribution in [3.8, 4) is 0 Å².